The van der Waals surface area contributed by atoms with E-state index in [9.17, 15) is 13.2 Å². The molecule has 5 nitrogen and oxygen atoms in total. The summed E-state index contributed by atoms with van der Waals surface area (Å²) in [7, 11) is -3.53. The third kappa shape index (κ3) is 3.15. The molecule has 1 aliphatic heterocycles. The fraction of sp³-hybridized carbons (Fsp3) is 0.267. The predicted molar refractivity (Wildman–Crippen MR) is 87.8 cm³/mol. The van der Waals surface area contributed by atoms with Crippen LogP contribution < -0.4 is 9.62 Å². The summed E-state index contributed by atoms with van der Waals surface area (Å²) in [6, 6.07) is 10.2. The van der Waals surface area contributed by atoms with Crippen molar-refractivity contribution < 1.29 is 13.2 Å². The van der Waals surface area contributed by atoms with Crippen LogP contribution in [-0.2, 0) is 14.8 Å². The van der Waals surface area contributed by atoms with E-state index in [1.165, 1.54) is 11.3 Å². The van der Waals surface area contributed by atoms with Crippen molar-refractivity contribution in [2.75, 3.05) is 16.2 Å². The summed E-state index contributed by atoms with van der Waals surface area (Å²) in [5.41, 5.74) is 1.30. The lowest BCUT2D eigenvalue weighted by molar-refractivity contribution is -0.119. The molecule has 1 N–H and O–H groups in total. The highest BCUT2D eigenvalue weighted by molar-refractivity contribution is 7.94. The molecule has 2 aromatic rings. The van der Waals surface area contributed by atoms with Crippen molar-refractivity contribution >= 4 is 38.6 Å². The predicted octanol–water partition coefficient (Wildman–Crippen LogP) is 3.07. The number of benzene rings is 1. The second kappa shape index (κ2) is 6.10. The number of nitrogens with zero attached hydrogens (tertiary/aromatic N) is 1. The van der Waals surface area contributed by atoms with Gasteiger partial charge in [0.2, 0.25) is 5.91 Å². The molecule has 1 saturated heterocycles. The number of amides is 1. The van der Waals surface area contributed by atoms with Crippen molar-refractivity contribution in [2.24, 2.45) is 0 Å². The maximum atomic E-state index is 12.1. The lowest BCUT2D eigenvalue weighted by atomic mass is 10.1. The first kappa shape index (κ1) is 15.1. The molecule has 0 bridgehead atoms. The Morgan fingerprint density at radius 2 is 1.86 bits per heavy atom. The number of hydrogen-bond donors (Lipinski definition) is 1. The van der Waals surface area contributed by atoms with Crippen molar-refractivity contribution in [3.8, 4) is 0 Å². The average molecular weight is 336 g/mol. The molecule has 116 valence electrons. The van der Waals surface area contributed by atoms with Crippen molar-refractivity contribution in [1.82, 2.24) is 0 Å². The number of thiophene rings is 1. The molecule has 0 atom stereocenters. The Kier molecular flexibility index (Phi) is 4.17. The van der Waals surface area contributed by atoms with Gasteiger partial charge in [-0.1, -0.05) is 6.07 Å². The first-order valence-electron chi connectivity index (χ1n) is 7.03. The van der Waals surface area contributed by atoms with Gasteiger partial charge < -0.3 is 4.90 Å². The number of sulfonamides is 1. The van der Waals surface area contributed by atoms with E-state index >= 15 is 0 Å². The van der Waals surface area contributed by atoms with E-state index in [0.717, 1.165) is 25.1 Å². The van der Waals surface area contributed by atoms with E-state index in [2.05, 4.69) is 4.72 Å². The SMILES string of the molecule is O=C1CCCCN1c1ccc(NS(=O)(=O)c2cccs2)cc1. The molecule has 0 unspecified atom stereocenters. The van der Waals surface area contributed by atoms with E-state index in [-0.39, 0.29) is 10.1 Å². The van der Waals surface area contributed by atoms with Crippen molar-refractivity contribution in [1.29, 1.82) is 0 Å². The van der Waals surface area contributed by atoms with Gasteiger partial charge in [-0.25, -0.2) is 8.42 Å². The molecule has 1 amide bonds. The second-order valence-electron chi connectivity index (χ2n) is 5.09. The molecule has 0 radical (unpaired) electrons. The molecule has 1 fully saturated rings. The number of hydrogen-bond acceptors (Lipinski definition) is 4. The largest absolute Gasteiger partial charge is 0.312 e. The van der Waals surface area contributed by atoms with Gasteiger partial charge in [-0.15, -0.1) is 11.3 Å². The molecule has 2 heterocycles. The van der Waals surface area contributed by atoms with E-state index in [4.69, 9.17) is 0 Å². The van der Waals surface area contributed by atoms with Gasteiger partial charge in [-0.3, -0.25) is 9.52 Å². The van der Waals surface area contributed by atoms with Gasteiger partial charge in [-0.2, -0.15) is 0 Å². The van der Waals surface area contributed by atoms with E-state index in [1.807, 2.05) is 0 Å². The van der Waals surface area contributed by atoms with Crippen LogP contribution in [0.25, 0.3) is 0 Å². The molecule has 1 aromatic carbocycles. The van der Waals surface area contributed by atoms with Crippen LogP contribution in [0, 0.1) is 0 Å². The van der Waals surface area contributed by atoms with Crippen molar-refractivity contribution in [2.45, 2.75) is 23.5 Å². The van der Waals surface area contributed by atoms with Gasteiger partial charge in [0.15, 0.2) is 0 Å². The normalized spacial score (nSPS) is 15.8. The highest BCUT2D eigenvalue weighted by Gasteiger charge is 2.20. The summed E-state index contributed by atoms with van der Waals surface area (Å²) in [6.45, 7) is 0.721. The summed E-state index contributed by atoms with van der Waals surface area (Å²) in [4.78, 5) is 13.6. The third-order valence-electron chi connectivity index (χ3n) is 3.51. The highest BCUT2D eigenvalue weighted by Crippen LogP contribution is 2.25. The highest BCUT2D eigenvalue weighted by atomic mass is 32.2. The molecule has 1 aromatic heterocycles. The van der Waals surface area contributed by atoms with Crippen molar-refractivity contribution in [3.05, 3.63) is 41.8 Å². The molecule has 1 aliphatic rings. The number of carbonyl (C=O) groups is 1. The topological polar surface area (TPSA) is 66.5 Å². The Labute approximate surface area is 133 Å². The molecule has 7 heteroatoms. The standard InChI is InChI=1S/C15H16N2O3S2/c18-14-4-1-2-10-17(14)13-8-6-12(7-9-13)16-22(19,20)15-5-3-11-21-15/h3,5-9,11,16H,1-2,4,10H2. The second-order valence-corrected chi connectivity index (χ2v) is 7.94. The molecule has 0 saturated carbocycles. The van der Waals surface area contributed by atoms with Crippen LogP contribution in [0.3, 0.4) is 0 Å². The Morgan fingerprint density at radius 3 is 2.50 bits per heavy atom. The van der Waals surface area contributed by atoms with E-state index in [0.29, 0.717) is 12.1 Å². The van der Waals surface area contributed by atoms with Gasteiger partial charge in [-0.05, 0) is 48.6 Å². The van der Waals surface area contributed by atoms with Crippen LogP contribution in [0.15, 0.2) is 46.0 Å². The summed E-state index contributed by atoms with van der Waals surface area (Å²) in [5, 5.41) is 1.72. The maximum absolute atomic E-state index is 12.1. The fourth-order valence-corrected chi connectivity index (χ4v) is 4.46. The zero-order valence-corrected chi connectivity index (χ0v) is 13.5. The van der Waals surface area contributed by atoms with Gasteiger partial charge in [0.05, 0.1) is 0 Å². The Balaban J connectivity index is 1.76. The van der Waals surface area contributed by atoms with Gasteiger partial charge >= 0.3 is 0 Å². The minimum atomic E-state index is -3.53. The fourth-order valence-electron chi connectivity index (χ4n) is 2.41. The van der Waals surface area contributed by atoms with Crippen molar-refractivity contribution in [3.63, 3.8) is 0 Å². The molecule has 0 spiro atoms. The number of carbonyl (C=O) groups excluding carboxylic acids is 1. The summed E-state index contributed by atoms with van der Waals surface area (Å²) < 4.78 is 27.1. The first-order valence-corrected chi connectivity index (χ1v) is 9.39. The lowest BCUT2D eigenvalue weighted by Crippen LogP contribution is -2.35. The van der Waals surface area contributed by atoms with Crippen LogP contribution in [0.2, 0.25) is 0 Å². The van der Waals surface area contributed by atoms with Crippen LogP contribution in [0.5, 0.6) is 0 Å². The number of piperidine rings is 1. The van der Waals surface area contributed by atoms with Gasteiger partial charge in [0.25, 0.3) is 10.0 Å². The minimum absolute atomic E-state index is 0.123. The maximum Gasteiger partial charge on any atom is 0.271 e. The molecule has 0 aliphatic carbocycles. The number of anilines is 2. The zero-order chi connectivity index (χ0) is 15.6. The Morgan fingerprint density at radius 1 is 1.09 bits per heavy atom. The third-order valence-corrected chi connectivity index (χ3v) is 6.29. The quantitative estimate of drug-likeness (QED) is 0.933. The number of rotatable bonds is 4. The molecular formula is C15H16N2O3S2. The average Bonchev–Trinajstić information content (AvgIpc) is 3.04. The Bertz CT molecular complexity index is 753. The van der Waals surface area contributed by atoms with Crippen LogP contribution >= 0.6 is 11.3 Å². The van der Waals surface area contributed by atoms with Gasteiger partial charge in [0, 0.05) is 24.3 Å². The van der Waals surface area contributed by atoms with Crippen LogP contribution in [-0.4, -0.2) is 20.9 Å². The molecule has 22 heavy (non-hydrogen) atoms. The zero-order valence-electron chi connectivity index (χ0n) is 11.9. The van der Waals surface area contributed by atoms with E-state index in [1.54, 1.807) is 46.7 Å². The lowest BCUT2D eigenvalue weighted by Gasteiger charge is -2.26. The summed E-state index contributed by atoms with van der Waals surface area (Å²) in [6.07, 6.45) is 2.51. The van der Waals surface area contributed by atoms with Crippen LogP contribution in [0.4, 0.5) is 11.4 Å². The van der Waals surface area contributed by atoms with Gasteiger partial charge in [0.1, 0.15) is 4.21 Å². The summed E-state index contributed by atoms with van der Waals surface area (Å²) in [5.74, 6) is 0.123. The molecular weight excluding hydrogens is 320 g/mol. The minimum Gasteiger partial charge on any atom is -0.312 e. The smallest absolute Gasteiger partial charge is 0.271 e. The Hall–Kier alpha value is -1.86. The first-order chi connectivity index (χ1) is 10.6. The summed E-state index contributed by atoms with van der Waals surface area (Å²) >= 11 is 1.17. The monoisotopic (exact) mass is 336 g/mol. The molecule has 3 rings (SSSR count). The van der Waals surface area contributed by atoms with Crippen LogP contribution in [0.1, 0.15) is 19.3 Å². The number of nitrogens with one attached hydrogen (secondary N) is 1. The van der Waals surface area contributed by atoms with E-state index < -0.39 is 10.0 Å².